The highest BCUT2D eigenvalue weighted by atomic mass is 32.2. The second-order valence-electron chi connectivity index (χ2n) is 6.66. The fourth-order valence-electron chi connectivity index (χ4n) is 3.07. The van der Waals surface area contributed by atoms with Crippen molar-refractivity contribution in [3.8, 4) is 0 Å². The molecular weight excluding hydrogens is 359 g/mol. The Hall–Kier alpha value is -1.96. The summed E-state index contributed by atoms with van der Waals surface area (Å²) in [6, 6.07) is 6.11. The number of halogens is 1. The van der Waals surface area contributed by atoms with Crippen LogP contribution in [0.3, 0.4) is 0 Å². The smallest absolute Gasteiger partial charge is 0.224 e. The number of nitrogens with zero attached hydrogens (tertiary/aromatic N) is 2. The van der Waals surface area contributed by atoms with Gasteiger partial charge in [-0.05, 0) is 24.5 Å². The summed E-state index contributed by atoms with van der Waals surface area (Å²) in [7, 11) is -1.45. The predicted octanol–water partition coefficient (Wildman–Crippen LogP) is 1.25. The van der Waals surface area contributed by atoms with Gasteiger partial charge in [0.1, 0.15) is 5.82 Å². The molecule has 2 rings (SSSR count). The molecule has 1 aliphatic heterocycles. The van der Waals surface area contributed by atoms with Crippen LogP contribution in [0.1, 0.15) is 25.3 Å². The summed E-state index contributed by atoms with van der Waals surface area (Å²) >= 11 is 0. The summed E-state index contributed by atoms with van der Waals surface area (Å²) in [4.78, 5) is 27.1. The minimum atomic E-state index is -3.06. The molecule has 0 bridgehead atoms. The van der Waals surface area contributed by atoms with E-state index in [2.05, 4.69) is 0 Å². The molecule has 0 saturated carbocycles. The van der Waals surface area contributed by atoms with Crippen LogP contribution in [-0.2, 0) is 25.8 Å². The van der Waals surface area contributed by atoms with E-state index in [1.165, 1.54) is 22.8 Å². The number of amides is 2. The van der Waals surface area contributed by atoms with Crippen LogP contribution in [0.2, 0.25) is 0 Å². The Morgan fingerprint density at radius 3 is 2.50 bits per heavy atom. The van der Waals surface area contributed by atoms with E-state index in [0.717, 1.165) is 0 Å². The lowest BCUT2D eigenvalue weighted by atomic mass is 10.1. The van der Waals surface area contributed by atoms with Gasteiger partial charge in [0, 0.05) is 39.5 Å². The molecule has 1 fully saturated rings. The maximum absolute atomic E-state index is 13.7. The van der Waals surface area contributed by atoms with Crippen LogP contribution in [0, 0.1) is 5.82 Å². The van der Waals surface area contributed by atoms with E-state index >= 15 is 0 Å². The highest BCUT2D eigenvalue weighted by Gasteiger charge is 2.32. The van der Waals surface area contributed by atoms with Crippen molar-refractivity contribution in [2.75, 3.05) is 31.6 Å². The molecule has 0 aromatic heterocycles. The van der Waals surface area contributed by atoms with Gasteiger partial charge in [0.05, 0.1) is 11.5 Å². The quantitative estimate of drug-likeness (QED) is 0.709. The monoisotopic (exact) mass is 384 g/mol. The predicted molar refractivity (Wildman–Crippen MR) is 96.8 cm³/mol. The summed E-state index contributed by atoms with van der Waals surface area (Å²) < 4.78 is 36.8. The summed E-state index contributed by atoms with van der Waals surface area (Å²) in [6.45, 7) is 1.97. The van der Waals surface area contributed by atoms with Gasteiger partial charge in [0.2, 0.25) is 11.8 Å². The number of sulfone groups is 1. The second-order valence-corrected chi connectivity index (χ2v) is 8.89. The lowest BCUT2D eigenvalue weighted by molar-refractivity contribution is -0.133. The van der Waals surface area contributed by atoms with Crippen LogP contribution in [0.15, 0.2) is 24.3 Å². The molecule has 0 radical (unpaired) electrons. The van der Waals surface area contributed by atoms with E-state index in [-0.39, 0.29) is 48.1 Å². The van der Waals surface area contributed by atoms with E-state index in [9.17, 15) is 22.4 Å². The zero-order chi connectivity index (χ0) is 19.3. The maximum atomic E-state index is 13.7. The molecule has 144 valence electrons. The van der Waals surface area contributed by atoms with Crippen molar-refractivity contribution < 1.29 is 22.4 Å². The molecule has 0 spiro atoms. The molecule has 8 heteroatoms. The van der Waals surface area contributed by atoms with Crippen molar-refractivity contribution in [1.29, 1.82) is 0 Å². The maximum Gasteiger partial charge on any atom is 0.224 e. The van der Waals surface area contributed by atoms with E-state index < -0.39 is 9.84 Å². The Morgan fingerprint density at radius 1 is 1.23 bits per heavy atom. The number of hydrogen-bond donors (Lipinski definition) is 0. The third-order valence-corrected chi connectivity index (χ3v) is 6.55. The van der Waals surface area contributed by atoms with Crippen molar-refractivity contribution in [2.45, 2.75) is 32.2 Å². The zero-order valence-corrected chi connectivity index (χ0v) is 16.0. The summed E-state index contributed by atoms with van der Waals surface area (Å²) in [5.74, 6) is -0.574. The first-order valence-electron chi connectivity index (χ1n) is 8.64. The topological polar surface area (TPSA) is 74.8 Å². The lowest BCUT2D eigenvalue weighted by Gasteiger charge is -2.26. The van der Waals surface area contributed by atoms with Gasteiger partial charge in [-0.2, -0.15) is 0 Å². The Kier molecular flexibility index (Phi) is 6.75. The number of carbonyl (C=O) groups is 2. The number of benzene rings is 1. The van der Waals surface area contributed by atoms with Crippen molar-refractivity contribution >= 4 is 21.7 Å². The van der Waals surface area contributed by atoms with Crippen LogP contribution >= 0.6 is 0 Å². The molecule has 1 aliphatic rings. The van der Waals surface area contributed by atoms with Crippen LogP contribution in [-0.4, -0.2) is 67.7 Å². The van der Waals surface area contributed by atoms with Crippen molar-refractivity contribution in [3.05, 3.63) is 35.6 Å². The van der Waals surface area contributed by atoms with Gasteiger partial charge in [-0.15, -0.1) is 0 Å². The van der Waals surface area contributed by atoms with Gasteiger partial charge in [0.25, 0.3) is 0 Å². The van der Waals surface area contributed by atoms with Crippen molar-refractivity contribution in [2.24, 2.45) is 0 Å². The van der Waals surface area contributed by atoms with Gasteiger partial charge in [-0.1, -0.05) is 18.2 Å². The third-order valence-electron chi connectivity index (χ3n) is 4.80. The number of carbonyl (C=O) groups excluding carboxylic acids is 2. The first kappa shape index (κ1) is 20.4. The molecule has 1 saturated heterocycles. The Bertz CT molecular complexity index is 766. The molecule has 26 heavy (non-hydrogen) atoms. The highest BCUT2D eigenvalue weighted by Crippen LogP contribution is 2.17. The van der Waals surface area contributed by atoms with Crippen LogP contribution in [0.25, 0.3) is 0 Å². The zero-order valence-electron chi connectivity index (χ0n) is 15.2. The fourth-order valence-corrected chi connectivity index (χ4v) is 4.85. The van der Waals surface area contributed by atoms with E-state index in [1.54, 1.807) is 25.2 Å². The molecule has 0 aliphatic carbocycles. The first-order chi connectivity index (χ1) is 12.2. The van der Waals surface area contributed by atoms with Crippen LogP contribution in [0.5, 0.6) is 0 Å². The largest absolute Gasteiger partial charge is 0.342 e. The van der Waals surface area contributed by atoms with Gasteiger partial charge >= 0.3 is 0 Å². The molecule has 1 aromatic carbocycles. The van der Waals surface area contributed by atoms with Gasteiger partial charge in [-0.25, -0.2) is 12.8 Å². The third kappa shape index (κ3) is 5.52. The fraction of sp³-hybridized carbons (Fsp3) is 0.556. The van der Waals surface area contributed by atoms with E-state index in [4.69, 9.17) is 0 Å². The number of hydrogen-bond acceptors (Lipinski definition) is 4. The summed E-state index contributed by atoms with van der Waals surface area (Å²) in [6.07, 6.45) is 0.940. The summed E-state index contributed by atoms with van der Waals surface area (Å²) in [5.41, 5.74) is 0.526. The minimum absolute atomic E-state index is 0.00104. The van der Waals surface area contributed by atoms with E-state index in [0.29, 0.717) is 24.9 Å². The SMILES string of the molecule is CC(=O)N(CCC(=O)N(C)C1CCS(=O)(=O)C1)CCc1ccccc1F. The van der Waals surface area contributed by atoms with Gasteiger partial charge in [0.15, 0.2) is 9.84 Å². The Morgan fingerprint density at radius 2 is 1.92 bits per heavy atom. The average Bonchev–Trinajstić information content (AvgIpc) is 2.95. The van der Waals surface area contributed by atoms with Crippen molar-refractivity contribution in [1.82, 2.24) is 9.80 Å². The standard InChI is InChI=1S/C18H25FN2O4S/c1-14(22)21(10-7-15-5-3-4-6-17(15)19)11-8-18(23)20(2)16-9-12-26(24,25)13-16/h3-6,16H,7-13H2,1-2H3. The molecular formula is C18H25FN2O4S. The van der Waals surface area contributed by atoms with Crippen molar-refractivity contribution in [3.63, 3.8) is 0 Å². The Labute approximate surface area is 153 Å². The molecule has 6 nitrogen and oxygen atoms in total. The molecule has 2 amide bonds. The van der Waals surface area contributed by atoms with Crippen LogP contribution < -0.4 is 0 Å². The van der Waals surface area contributed by atoms with E-state index in [1.807, 2.05) is 0 Å². The van der Waals surface area contributed by atoms with Gasteiger partial charge < -0.3 is 9.80 Å². The molecule has 1 unspecified atom stereocenters. The normalized spacial score (nSPS) is 18.5. The molecule has 1 heterocycles. The summed E-state index contributed by atoms with van der Waals surface area (Å²) in [5, 5.41) is 0. The lowest BCUT2D eigenvalue weighted by Crippen LogP contribution is -2.40. The van der Waals surface area contributed by atoms with Crippen LogP contribution in [0.4, 0.5) is 4.39 Å². The molecule has 0 N–H and O–H groups in total. The van der Waals surface area contributed by atoms with Gasteiger partial charge in [-0.3, -0.25) is 9.59 Å². The first-order valence-corrected chi connectivity index (χ1v) is 10.5. The second kappa shape index (κ2) is 8.62. The average molecular weight is 384 g/mol. The number of rotatable bonds is 7. The Balaban J connectivity index is 1.86. The molecule has 1 atom stereocenters. The molecule has 1 aromatic rings. The minimum Gasteiger partial charge on any atom is -0.342 e. The highest BCUT2D eigenvalue weighted by molar-refractivity contribution is 7.91.